The summed E-state index contributed by atoms with van der Waals surface area (Å²) >= 11 is 0. The molecule has 0 aliphatic carbocycles. The molecule has 0 aliphatic rings. The molecule has 0 radical (unpaired) electrons. The molecule has 0 spiro atoms. The van der Waals surface area contributed by atoms with E-state index in [1.54, 1.807) is 49.6 Å². The molecule has 4 aromatic rings. The van der Waals surface area contributed by atoms with Gasteiger partial charge in [0.2, 0.25) is 5.95 Å². The fraction of sp³-hybridized carbons (Fsp3) is 0.111. The van der Waals surface area contributed by atoms with Crippen molar-refractivity contribution in [3.05, 3.63) is 55.1 Å². The van der Waals surface area contributed by atoms with E-state index in [9.17, 15) is 0 Å². The Bertz CT molecular complexity index is 1030. The Morgan fingerprint density at radius 2 is 1.85 bits per heavy atom. The van der Waals surface area contributed by atoms with E-state index >= 15 is 0 Å². The third-order valence-corrected chi connectivity index (χ3v) is 3.80. The molecule has 0 saturated heterocycles. The molecule has 8 nitrogen and oxygen atoms in total. The largest absolute Gasteiger partial charge is 0.497 e. The van der Waals surface area contributed by atoms with Gasteiger partial charge >= 0.3 is 0 Å². The minimum Gasteiger partial charge on any atom is -0.497 e. The summed E-state index contributed by atoms with van der Waals surface area (Å²) in [7, 11) is 3.21. The molecule has 1 N–H and O–H groups in total. The summed E-state index contributed by atoms with van der Waals surface area (Å²) in [5, 5.41) is 7.63. The van der Waals surface area contributed by atoms with Crippen LogP contribution in [0.15, 0.2) is 55.1 Å². The van der Waals surface area contributed by atoms with Crippen LogP contribution < -0.4 is 14.8 Å². The van der Waals surface area contributed by atoms with E-state index in [1.165, 1.54) is 0 Å². The number of pyridine rings is 1. The Kier molecular flexibility index (Phi) is 4.06. The first-order valence-electron chi connectivity index (χ1n) is 7.88. The van der Waals surface area contributed by atoms with E-state index in [-0.39, 0.29) is 0 Å². The van der Waals surface area contributed by atoms with Crippen molar-refractivity contribution in [1.29, 1.82) is 0 Å². The number of aromatic nitrogens is 5. The molecule has 130 valence electrons. The van der Waals surface area contributed by atoms with Gasteiger partial charge in [-0.25, -0.2) is 4.52 Å². The zero-order chi connectivity index (χ0) is 17.9. The molecule has 4 rings (SSSR count). The van der Waals surface area contributed by atoms with Crippen molar-refractivity contribution >= 4 is 17.3 Å². The maximum Gasteiger partial charge on any atom is 0.247 e. The fourth-order valence-corrected chi connectivity index (χ4v) is 2.59. The van der Waals surface area contributed by atoms with Crippen molar-refractivity contribution in [1.82, 2.24) is 24.6 Å². The minimum atomic E-state index is 0.443. The summed E-state index contributed by atoms with van der Waals surface area (Å²) in [5.41, 5.74) is 2.98. The van der Waals surface area contributed by atoms with Gasteiger partial charge in [-0.2, -0.15) is 4.98 Å². The number of nitrogens with one attached hydrogen (secondary N) is 1. The van der Waals surface area contributed by atoms with Gasteiger partial charge in [-0.3, -0.25) is 9.97 Å². The van der Waals surface area contributed by atoms with Crippen LogP contribution in [0.2, 0.25) is 0 Å². The second kappa shape index (κ2) is 6.67. The second-order valence-electron chi connectivity index (χ2n) is 5.45. The van der Waals surface area contributed by atoms with E-state index < -0.39 is 0 Å². The number of ether oxygens (including phenoxy) is 2. The molecule has 3 heterocycles. The van der Waals surface area contributed by atoms with Crippen LogP contribution in [-0.2, 0) is 0 Å². The van der Waals surface area contributed by atoms with E-state index in [4.69, 9.17) is 9.47 Å². The van der Waals surface area contributed by atoms with E-state index in [0.29, 0.717) is 28.8 Å². The predicted molar refractivity (Wildman–Crippen MR) is 96.8 cm³/mol. The van der Waals surface area contributed by atoms with E-state index in [2.05, 4.69) is 25.4 Å². The molecule has 0 fully saturated rings. The summed E-state index contributed by atoms with van der Waals surface area (Å²) in [6, 6.07) is 9.28. The molecule has 26 heavy (non-hydrogen) atoms. The highest BCUT2D eigenvalue weighted by Crippen LogP contribution is 2.28. The second-order valence-corrected chi connectivity index (χ2v) is 5.45. The number of fused-ring (bicyclic) bond motifs is 1. The SMILES string of the molecule is COc1cc(Nc2nc3c(-c4cccnc4)nccn3n2)cc(OC)c1. The van der Waals surface area contributed by atoms with Crippen LogP contribution in [0.3, 0.4) is 0 Å². The molecule has 3 aromatic heterocycles. The number of benzene rings is 1. The van der Waals surface area contributed by atoms with Gasteiger partial charge in [-0.15, -0.1) is 5.10 Å². The summed E-state index contributed by atoms with van der Waals surface area (Å²) in [6.07, 6.45) is 6.90. The predicted octanol–water partition coefficient (Wildman–Crippen LogP) is 2.95. The smallest absolute Gasteiger partial charge is 0.247 e. The van der Waals surface area contributed by atoms with Crippen LogP contribution in [-0.4, -0.2) is 38.8 Å². The van der Waals surface area contributed by atoms with Crippen molar-refractivity contribution < 1.29 is 9.47 Å². The number of anilines is 2. The van der Waals surface area contributed by atoms with Crippen molar-refractivity contribution in [3.63, 3.8) is 0 Å². The number of rotatable bonds is 5. The number of hydrogen-bond donors (Lipinski definition) is 1. The monoisotopic (exact) mass is 348 g/mol. The molecule has 8 heteroatoms. The average Bonchev–Trinajstić information content (AvgIpc) is 3.10. The van der Waals surface area contributed by atoms with Crippen LogP contribution in [0.5, 0.6) is 11.5 Å². The maximum atomic E-state index is 5.29. The lowest BCUT2D eigenvalue weighted by atomic mass is 10.2. The van der Waals surface area contributed by atoms with Gasteiger partial charge in [0, 0.05) is 54.2 Å². The lowest BCUT2D eigenvalue weighted by Gasteiger charge is -2.08. The molecule has 0 unspecified atom stereocenters. The molecule has 0 saturated carbocycles. The van der Waals surface area contributed by atoms with E-state index in [1.807, 2.05) is 24.3 Å². The highest BCUT2D eigenvalue weighted by Gasteiger charge is 2.12. The van der Waals surface area contributed by atoms with Gasteiger partial charge in [0.15, 0.2) is 5.65 Å². The van der Waals surface area contributed by atoms with Gasteiger partial charge in [-0.05, 0) is 12.1 Å². The Morgan fingerprint density at radius 1 is 1.04 bits per heavy atom. The normalized spacial score (nSPS) is 10.7. The van der Waals surface area contributed by atoms with Crippen LogP contribution >= 0.6 is 0 Å². The Hall–Kier alpha value is -3.68. The fourth-order valence-electron chi connectivity index (χ4n) is 2.59. The first-order valence-corrected chi connectivity index (χ1v) is 7.88. The quantitative estimate of drug-likeness (QED) is 0.593. The third kappa shape index (κ3) is 3.00. The number of methoxy groups -OCH3 is 2. The van der Waals surface area contributed by atoms with Crippen molar-refractivity contribution in [3.8, 4) is 22.8 Å². The zero-order valence-electron chi connectivity index (χ0n) is 14.2. The minimum absolute atomic E-state index is 0.443. The Labute approximate surface area is 149 Å². The van der Waals surface area contributed by atoms with Gasteiger partial charge in [0.25, 0.3) is 0 Å². The molecular formula is C18H16N6O2. The third-order valence-electron chi connectivity index (χ3n) is 3.80. The summed E-state index contributed by atoms with van der Waals surface area (Å²) < 4.78 is 12.3. The molecule has 0 aliphatic heterocycles. The van der Waals surface area contributed by atoms with Crippen molar-refractivity contribution in [2.24, 2.45) is 0 Å². The summed E-state index contributed by atoms with van der Waals surface area (Å²) in [5.74, 6) is 1.79. The van der Waals surface area contributed by atoms with Gasteiger partial charge in [0.05, 0.1) is 14.2 Å². The highest BCUT2D eigenvalue weighted by molar-refractivity contribution is 5.74. The molecule has 0 bridgehead atoms. The van der Waals surface area contributed by atoms with Gasteiger partial charge in [0.1, 0.15) is 17.2 Å². The summed E-state index contributed by atoms with van der Waals surface area (Å²) in [4.78, 5) is 13.1. The molecule has 0 atom stereocenters. The highest BCUT2D eigenvalue weighted by atomic mass is 16.5. The molecule has 1 aromatic carbocycles. The average molecular weight is 348 g/mol. The maximum absolute atomic E-state index is 5.29. The lowest BCUT2D eigenvalue weighted by Crippen LogP contribution is -1.95. The Balaban J connectivity index is 1.73. The molecular weight excluding hydrogens is 332 g/mol. The van der Waals surface area contributed by atoms with Crippen LogP contribution in [0, 0.1) is 0 Å². The first-order chi connectivity index (χ1) is 12.8. The topological polar surface area (TPSA) is 86.5 Å². The summed E-state index contributed by atoms with van der Waals surface area (Å²) in [6.45, 7) is 0. The van der Waals surface area contributed by atoms with Crippen LogP contribution in [0.4, 0.5) is 11.6 Å². The number of hydrogen-bond acceptors (Lipinski definition) is 7. The van der Waals surface area contributed by atoms with Gasteiger partial charge in [-0.1, -0.05) is 0 Å². The van der Waals surface area contributed by atoms with E-state index in [0.717, 1.165) is 11.3 Å². The van der Waals surface area contributed by atoms with Crippen LogP contribution in [0.1, 0.15) is 0 Å². The van der Waals surface area contributed by atoms with Crippen molar-refractivity contribution in [2.45, 2.75) is 0 Å². The zero-order valence-corrected chi connectivity index (χ0v) is 14.2. The van der Waals surface area contributed by atoms with Gasteiger partial charge < -0.3 is 14.8 Å². The first kappa shape index (κ1) is 15.8. The number of nitrogens with zero attached hydrogens (tertiary/aromatic N) is 5. The Morgan fingerprint density at radius 3 is 2.54 bits per heavy atom. The molecule has 0 amide bonds. The van der Waals surface area contributed by atoms with Crippen LogP contribution in [0.25, 0.3) is 16.9 Å². The van der Waals surface area contributed by atoms with Crippen molar-refractivity contribution in [2.75, 3.05) is 19.5 Å². The standard InChI is InChI=1S/C18H16N6O2/c1-25-14-8-13(9-15(10-14)26-2)21-18-22-17-16(12-4-3-5-19-11-12)20-6-7-24(17)23-18/h3-11H,1-2H3,(H,21,23). The lowest BCUT2D eigenvalue weighted by molar-refractivity contribution is 0.395.